The Labute approximate surface area is 200 Å². The number of rotatable bonds is 7. The second kappa shape index (κ2) is 10.2. The average Bonchev–Trinajstić information content (AvgIpc) is 3.10. The number of carbonyl (C=O) groups excluding carboxylic acids is 1. The minimum atomic E-state index is -4.56. The Morgan fingerprint density at radius 1 is 1.12 bits per heavy atom. The molecule has 168 valence electrons. The lowest BCUT2D eigenvalue weighted by molar-refractivity contribution is -0.137. The lowest BCUT2D eigenvalue weighted by Crippen LogP contribution is -2.16. The Hall–Kier alpha value is -2.20. The third kappa shape index (κ3) is 5.78. The lowest BCUT2D eigenvalue weighted by atomic mass is 10.2. The molecule has 0 aliphatic heterocycles. The molecule has 2 aromatic carbocycles. The van der Waals surface area contributed by atoms with Crippen LogP contribution >= 0.6 is 46.6 Å². The van der Waals surface area contributed by atoms with Gasteiger partial charge in [-0.25, -0.2) is 0 Å². The topological polar surface area (TPSA) is 59.8 Å². The van der Waals surface area contributed by atoms with E-state index in [9.17, 15) is 18.0 Å². The van der Waals surface area contributed by atoms with Crippen molar-refractivity contribution in [2.45, 2.75) is 17.9 Å². The SMILES string of the molecule is C=CCn1c(SCC(=O)Nc2cc(C(F)(F)F)ccc2Cl)nnc1-c1ccc(Cl)cc1Cl. The second-order valence-corrected chi connectivity index (χ2v) is 8.55. The van der Waals surface area contributed by atoms with E-state index in [-0.39, 0.29) is 16.5 Å². The van der Waals surface area contributed by atoms with Crippen molar-refractivity contribution in [2.75, 3.05) is 11.1 Å². The van der Waals surface area contributed by atoms with E-state index in [1.54, 1.807) is 28.8 Å². The molecule has 0 bridgehead atoms. The molecule has 1 aromatic heterocycles. The van der Waals surface area contributed by atoms with E-state index < -0.39 is 17.6 Å². The number of thioether (sulfide) groups is 1. The zero-order valence-corrected chi connectivity index (χ0v) is 19.2. The molecule has 1 heterocycles. The van der Waals surface area contributed by atoms with Crippen LogP contribution in [0.1, 0.15) is 5.56 Å². The van der Waals surface area contributed by atoms with Gasteiger partial charge in [-0.05, 0) is 36.4 Å². The van der Waals surface area contributed by atoms with Crippen molar-refractivity contribution < 1.29 is 18.0 Å². The number of aromatic nitrogens is 3. The van der Waals surface area contributed by atoms with Gasteiger partial charge in [0.2, 0.25) is 5.91 Å². The lowest BCUT2D eigenvalue weighted by Gasteiger charge is -2.12. The van der Waals surface area contributed by atoms with Crippen molar-refractivity contribution in [3.8, 4) is 11.4 Å². The van der Waals surface area contributed by atoms with E-state index in [0.717, 1.165) is 30.0 Å². The number of allylic oxidation sites excluding steroid dienone is 1. The number of nitrogens with zero attached hydrogens (tertiary/aromatic N) is 3. The molecule has 0 radical (unpaired) electrons. The predicted octanol–water partition coefficient (Wildman–Crippen LogP) is 6.84. The van der Waals surface area contributed by atoms with E-state index >= 15 is 0 Å². The molecule has 1 amide bonds. The summed E-state index contributed by atoms with van der Waals surface area (Å²) in [5, 5.41) is 11.9. The van der Waals surface area contributed by atoms with E-state index in [4.69, 9.17) is 34.8 Å². The molecule has 0 fully saturated rings. The molecule has 0 atom stereocenters. The third-order valence-corrected chi connectivity index (χ3v) is 5.94. The second-order valence-electron chi connectivity index (χ2n) is 6.36. The number of anilines is 1. The zero-order valence-electron chi connectivity index (χ0n) is 16.1. The smallest absolute Gasteiger partial charge is 0.324 e. The van der Waals surface area contributed by atoms with Crippen LogP contribution in [0.25, 0.3) is 11.4 Å². The largest absolute Gasteiger partial charge is 0.416 e. The summed E-state index contributed by atoms with van der Waals surface area (Å²) < 4.78 is 40.4. The van der Waals surface area contributed by atoms with Crippen molar-refractivity contribution in [2.24, 2.45) is 0 Å². The van der Waals surface area contributed by atoms with Gasteiger partial charge >= 0.3 is 6.18 Å². The van der Waals surface area contributed by atoms with Gasteiger partial charge in [0.15, 0.2) is 11.0 Å². The summed E-state index contributed by atoms with van der Waals surface area (Å²) in [4.78, 5) is 12.4. The molecular weight excluding hydrogens is 508 g/mol. The van der Waals surface area contributed by atoms with Crippen LogP contribution in [0.4, 0.5) is 18.9 Å². The number of carbonyl (C=O) groups is 1. The summed E-state index contributed by atoms with van der Waals surface area (Å²) in [5.74, 6) is -0.248. The first kappa shape index (κ1) is 24.4. The maximum Gasteiger partial charge on any atom is 0.416 e. The standard InChI is InChI=1S/C20H14Cl3F3N4OS/c1-2-7-30-18(13-5-4-12(21)9-15(13)23)28-29-19(30)32-10-17(31)27-16-8-11(20(24,25)26)3-6-14(16)22/h2-6,8-9H,1,7,10H2,(H,27,31). The summed E-state index contributed by atoms with van der Waals surface area (Å²) >= 11 is 19.2. The Morgan fingerprint density at radius 2 is 1.88 bits per heavy atom. The number of nitrogens with one attached hydrogen (secondary N) is 1. The van der Waals surface area contributed by atoms with Crippen molar-refractivity contribution in [1.82, 2.24) is 14.8 Å². The highest BCUT2D eigenvalue weighted by Gasteiger charge is 2.31. The number of hydrogen-bond donors (Lipinski definition) is 1. The average molecular weight is 522 g/mol. The number of benzene rings is 2. The molecule has 0 saturated heterocycles. The third-order valence-electron chi connectivity index (χ3n) is 4.10. The van der Waals surface area contributed by atoms with Crippen LogP contribution in [0.15, 0.2) is 54.2 Å². The van der Waals surface area contributed by atoms with Gasteiger partial charge in [0.05, 0.1) is 27.0 Å². The van der Waals surface area contributed by atoms with Crippen molar-refractivity contribution >= 4 is 58.2 Å². The fourth-order valence-corrected chi connectivity index (χ4v) is 4.08. The summed E-state index contributed by atoms with van der Waals surface area (Å²) in [6, 6.07) is 7.64. The van der Waals surface area contributed by atoms with Crippen LogP contribution in [0, 0.1) is 0 Å². The fraction of sp³-hybridized carbons (Fsp3) is 0.150. The van der Waals surface area contributed by atoms with Gasteiger partial charge < -0.3 is 5.32 Å². The fourth-order valence-electron chi connectivity index (χ4n) is 2.67. The molecule has 0 spiro atoms. The molecular formula is C20H14Cl3F3N4OS. The maximum atomic E-state index is 12.9. The Balaban J connectivity index is 1.77. The highest BCUT2D eigenvalue weighted by atomic mass is 35.5. The highest BCUT2D eigenvalue weighted by molar-refractivity contribution is 7.99. The van der Waals surface area contributed by atoms with E-state index in [2.05, 4.69) is 22.1 Å². The molecule has 1 N–H and O–H groups in total. The quantitative estimate of drug-likeness (QED) is 0.273. The van der Waals surface area contributed by atoms with Crippen LogP contribution in [0.2, 0.25) is 15.1 Å². The van der Waals surface area contributed by atoms with Crippen molar-refractivity contribution in [3.05, 3.63) is 69.7 Å². The monoisotopic (exact) mass is 520 g/mol. The van der Waals surface area contributed by atoms with Crippen molar-refractivity contribution in [3.63, 3.8) is 0 Å². The first-order valence-electron chi connectivity index (χ1n) is 8.89. The summed E-state index contributed by atoms with van der Waals surface area (Å²) in [7, 11) is 0. The summed E-state index contributed by atoms with van der Waals surface area (Å²) in [5.41, 5.74) is -0.453. The molecule has 32 heavy (non-hydrogen) atoms. The minimum Gasteiger partial charge on any atom is -0.324 e. The van der Waals surface area contributed by atoms with E-state index in [0.29, 0.717) is 33.1 Å². The minimum absolute atomic E-state index is 0.00848. The Morgan fingerprint density at radius 3 is 2.53 bits per heavy atom. The van der Waals surface area contributed by atoms with Crippen LogP contribution in [-0.2, 0) is 17.5 Å². The maximum absolute atomic E-state index is 12.9. The number of hydrogen-bond acceptors (Lipinski definition) is 4. The van der Waals surface area contributed by atoms with E-state index in [1.807, 2.05) is 0 Å². The van der Waals surface area contributed by atoms with Gasteiger partial charge in [0, 0.05) is 17.1 Å². The van der Waals surface area contributed by atoms with Gasteiger partial charge in [-0.3, -0.25) is 9.36 Å². The van der Waals surface area contributed by atoms with Gasteiger partial charge in [-0.1, -0.05) is 52.6 Å². The molecule has 3 rings (SSSR count). The number of amides is 1. The van der Waals surface area contributed by atoms with Gasteiger partial charge in [-0.2, -0.15) is 13.2 Å². The Kier molecular flexibility index (Phi) is 7.76. The number of halogens is 6. The molecule has 3 aromatic rings. The summed E-state index contributed by atoms with van der Waals surface area (Å²) in [6.45, 7) is 4.05. The summed E-state index contributed by atoms with van der Waals surface area (Å²) in [6.07, 6.45) is -2.93. The van der Waals surface area contributed by atoms with Crippen molar-refractivity contribution in [1.29, 1.82) is 0 Å². The van der Waals surface area contributed by atoms with Crippen LogP contribution in [0.3, 0.4) is 0 Å². The molecule has 12 heteroatoms. The van der Waals surface area contributed by atoms with Gasteiger partial charge in [0.25, 0.3) is 0 Å². The predicted molar refractivity (Wildman–Crippen MR) is 121 cm³/mol. The molecule has 5 nitrogen and oxygen atoms in total. The zero-order chi connectivity index (χ0) is 23.5. The molecule has 0 aliphatic rings. The molecule has 0 saturated carbocycles. The van der Waals surface area contributed by atoms with E-state index in [1.165, 1.54) is 0 Å². The van der Waals surface area contributed by atoms with Crippen LogP contribution < -0.4 is 5.32 Å². The number of alkyl halides is 3. The first-order chi connectivity index (χ1) is 15.1. The van der Waals surface area contributed by atoms with Gasteiger partial charge in [0.1, 0.15) is 0 Å². The highest BCUT2D eigenvalue weighted by Crippen LogP contribution is 2.34. The normalized spacial score (nSPS) is 11.4. The van der Waals surface area contributed by atoms with Crippen LogP contribution in [0.5, 0.6) is 0 Å². The molecule has 0 unspecified atom stereocenters. The first-order valence-corrected chi connectivity index (χ1v) is 11.0. The van der Waals surface area contributed by atoms with Gasteiger partial charge in [-0.15, -0.1) is 16.8 Å². The Bertz CT molecular complexity index is 1170. The molecule has 0 aliphatic carbocycles. The van der Waals surface area contributed by atoms with Crippen LogP contribution in [-0.4, -0.2) is 26.4 Å².